The van der Waals surface area contributed by atoms with E-state index in [1.807, 2.05) is 36.4 Å². The molecule has 0 saturated heterocycles. The fourth-order valence-corrected chi connectivity index (χ4v) is 3.18. The van der Waals surface area contributed by atoms with E-state index in [2.05, 4.69) is 19.1 Å². The van der Waals surface area contributed by atoms with Gasteiger partial charge in [-0.3, -0.25) is 0 Å². The molecular weight excluding hydrogens is 276 g/mol. The molecule has 0 unspecified atom stereocenters. The van der Waals surface area contributed by atoms with Crippen molar-refractivity contribution < 1.29 is 9.15 Å². The number of para-hydroxylation sites is 1. The van der Waals surface area contributed by atoms with Gasteiger partial charge in [-0.15, -0.1) is 0 Å². The van der Waals surface area contributed by atoms with Crippen LogP contribution in [0.25, 0.3) is 11.0 Å². The van der Waals surface area contributed by atoms with Gasteiger partial charge in [0.15, 0.2) is 0 Å². The van der Waals surface area contributed by atoms with Crippen molar-refractivity contribution in [1.82, 2.24) is 0 Å². The Kier molecular flexibility index (Phi) is 3.00. The van der Waals surface area contributed by atoms with Gasteiger partial charge in [-0.05, 0) is 24.1 Å². The molecule has 1 aromatic heterocycles. The lowest BCUT2D eigenvalue weighted by Crippen LogP contribution is -2.27. The van der Waals surface area contributed by atoms with Gasteiger partial charge in [0.1, 0.15) is 17.4 Å². The molecule has 0 bridgehead atoms. The largest absolute Gasteiger partial charge is 0.484 e. The molecule has 2 heterocycles. The molecule has 0 aliphatic carbocycles. The highest BCUT2D eigenvalue weighted by Crippen LogP contribution is 2.40. The van der Waals surface area contributed by atoms with Crippen molar-refractivity contribution in [2.24, 2.45) is 5.92 Å². The quantitative estimate of drug-likeness (QED) is 0.634. The predicted octanol–water partition coefficient (Wildman–Crippen LogP) is 4.11. The zero-order valence-electron chi connectivity index (χ0n) is 12.3. The third-order valence-electron chi connectivity index (χ3n) is 4.27. The van der Waals surface area contributed by atoms with Gasteiger partial charge in [0.25, 0.3) is 0 Å². The van der Waals surface area contributed by atoms with E-state index in [0.29, 0.717) is 23.3 Å². The first-order chi connectivity index (χ1) is 10.7. The first kappa shape index (κ1) is 13.1. The lowest BCUT2D eigenvalue weighted by Gasteiger charge is -2.31. The highest BCUT2D eigenvalue weighted by Gasteiger charge is 2.31. The minimum absolute atomic E-state index is 0.0427. The van der Waals surface area contributed by atoms with Crippen LogP contribution in [0.15, 0.2) is 63.8 Å². The Morgan fingerprint density at radius 1 is 1.00 bits per heavy atom. The normalized spacial score (nSPS) is 20.4. The number of fused-ring (bicyclic) bond motifs is 3. The number of benzene rings is 2. The van der Waals surface area contributed by atoms with E-state index in [1.165, 1.54) is 0 Å². The van der Waals surface area contributed by atoms with Gasteiger partial charge >= 0.3 is 5.63 Å². The Labute approximate surface area is 128 Å². The second-order valence-corrected chi connectivity index (χ2v) is 5.82. The fourth-order valence-electron chi connectivity index (χ4n) is 3.18. The van der Waals surface area contributed by atoms with Crippen LogP contribution in [-0.4, -0.2) is 0 Å². The highest BCUT2D eigenvalue weighted by molar-refractivity contribution is 5.84. The summed E-state index contributed by atoms with van der Waals surface area (Å²) in [6, 6.07) is 17.7. The Morgan fingerprint density at radius 2 is 1.73 bits per heavy atom. The summed E-state index contributed by atoms with van der Waals surface area (Å²) in [4.78, 5) is 12.2. The molecule has 3 nitrogen and oxygen atoms in total. The average Bonchev–Trinajstić information content (AvgIpc) is 2.56. The van der Waals surface area contributed by atoms with Crippen LogP contribution in [0.1, 0.15) is 24.2 Å². The first-order valence-electron chi connectivity index (χ1n) is 7.50. The maximum atomic E-state index is 12.2. The fraction of sp³-hybridized carbons (Fsp3) is 0.211. The van der Waals surface area contributed by atoms with E-state index in [9.17, 15) is 4.79 Å². The SMILES string of the molecule is C[C@@H]1Cc2c(c3ccccc3oc2=O)O[C@H]1c1ccccc1. The Morgan fingerprint density at radius 3 is 2.55 bits per heavy atom. The molecule has 0 fully saturated rings. The third kappa shape index (κ3) is 2.01. The molecule has 1 aliphatic rings. The standard InChI is InChI=1S/C19H16O3/c1-12-11-15-18(22-17(12)13-7-3-2-4-8-13)14-9-5-6-10-16(14)21-19(15)20/h2-10,12,17H,11H2,1H3/t12-,17-/m1/s1. The second kappa shape index (κ2) is 5.02. The van der Waals surface area contributed by atoms with Crippen LogP contribution < -0.4 is 10.4 Å². The van der Waals surface area contributed by atoms with Crippen molar-refractivity contribution in [3.05, 3.63) is 76.1 Å². The summed E-state index contributed by atoms with van der Waals surface area (Å²) >= 11 is 0. The summed E-state index contributed by atoms with van der Waals surface area (Å²) in [5, 5.41) is 0.866. The number of rotatable bonds is 1. The smallest absolute Gasteiger partial charge is 0.343 e. The van der Waals surface area contributed by atoms with Crippen molar-refractivity contribution in [2.45, 2.75) is 19.4 Å². The van der Waals surface area contributed by atoms with E-state index < -0.39 is 0 Å². The monoisotopic (exact) mass is 292 g/mol. The van der Waals surface area contributed by atoms with Gasteiger partial charge in [-0.1, -0.05) is 49.4 Å². The van der Waals surface area contributed by atoms with Crippen LogP contribution in [0, 0.1) is 5.92 Å². The molecule has 0 spiro atoms. The van der Waals surface area contributed by atoms with Crippen LogP contribution in [0.5, 0.6) is 5.75 Å². The molecule has 110 valence electrons. The van der Waals surface area contributed by atoms with Crippen molar-refractivity contribution in [2.75, 3.05) is 0 Å². The molecule has 0 N–H and O–H groups in total. The molecule has 2 aromatic carbocycles. The van der Waals surface area contributed by atoms with Gasteiger partial charge in [0, 0.05) is 5.92 Å². The van der Waals surface area contributed by atoms with Gasteiger partial charge in [0.05, 0.1) is 10.9 Å². The Hall–Kier alpha value is -2.55. The zero-order chi connectivity index (χ0) is 15.1. The predicted molar refractivity (Wildman–Crippen MR) is 85.2 cm³/mol. The van der Waals surface area contributed by atoms with Crippen LogP contribution >= 0.6 is 0 Å². The van der Waals surface area contributed by atoms with Crippen molar-refractivity contribution in [3.8, 4) is 5.75 Å². The molecule has 4 rings (SSSR count). The molecule has 1 aliphatic heterocycles. The Balaban J connectivity index is 1.89. The molecule has 3 heteroatoms. The summed E-state index contributed by atoms with van der Waals surface area (Å²) in [6.45, 7) is 2.11. The van der Waals surface area contributed by atoms with Crippen LogP contribution in [0.2, 0.25) is 0 Å². The summed E-state index contributed by atoms with van der Waals surface area (Å²) < 4.78 is 11.7. The molecule has 3 aromatic rings. The summed E-state index contributed by atoms with van der Waals surface area (Å²) in [5.41, 5.74) is 2.08. The molecule has 0 amide bonds. The van der Waals surface area contributed by atoms with Gasteiger partial charge in [-0.2, -0.15) is 0 Å². The second-order valence-electron chi connectivity index (χ2n) is 5.82. The maximum absolute atomic E-state index is 12.2. The van der Waals surface area contributed by atoms with Gasteiger partial charge in [0.2, 0.25) is 0 Å². The van der Waals surface area contributed by atoms with Gasteiger partial charge < -0.3 is 9.15 Å². The number of hydrogen-bond donors (Lipinski definition) is 0. The van der Waals surface area contributed by atoms with E-state index >= 15 is 0 Å². The third-order valence-corrected chi connectivity index (χ3v) is 4.27. The van der Waals surface area contributed by atoms with E-state index in [1.54, 1.807) is 6.07 Å². The lowest BCUT2D eigenvalue weighted by atomic mass is 9.88. The molecule has 0 saturated carbocycles. The van der Waals surface area contributed by atoms with Gasteiger partial charge in [-0.25, -0.2) is 4.79 Å². The molecule has 2 atom stereocenters. The average molecular weight is 292 g/mol. The van der Waals surface area contributed by atoms with E-state index in [-0.39, 0.29) is 17.6 Å². The topological polar surface area (TPSA) is 39.4 Å². The van der Waals surface area contributed by atoms with E-state index in [4.69, 9.17) is 9.15 Å². The zero-order valence-corrected chi connectivity index (χ0v) is 12.3. The van der Waals surface area contributed by atoms with Crippen molar-refractivity contribution >= 4 is 11.0 Å². The maximum Gasteiger partial charge on any atom is 0.343 e. The minimum atomic E-state index is -0.285. The minimum Gasteiger partial charge on any atom is -0.484 e. The number of ether oxygens (including phenoxy) is 1. The van der Waals surface area contributed by atoms with Crippen molar-refractivity contribution in [3.63, 3.8) is 0 Å². The summed E-state index contributed by atoms with van der Waals surface area (Å²) in [5.74, 6) is 0.901. The number of hydrogen-bond acceptors (Lipinski definition) is 3. The Bertz CT molecular complexity index is 880. The van der Waals surface area contributed by atoms with Crippen LogP contribution in [0.4, 0.5) is 0 Å². The summed E-state index contributed by atoms with van der Waals surface area (Å²) in [6.07, 6.45) is 0.626. The van der Waals surface area contributed by atoms with E-state index in [0.717, 1.165) is 10.9 Å². The summed E-state index contributed by atoms with van der Waals surface area (Å²) in [7, 11) is 0. The van der Waals surface area contributed by atoms with Crippen LogP contribution in [-0.2, 0) is 6.42 Å². The first-order valence-corrected chi connectivity index (χ1v) is 7.50. The lowest BCUT2D eigenvalue weighted by molar-refractivity contribution is 0.123. The molecule has 22 heavy (non-hydrogen) atoms. The molecular formula is C19H16O3. The van der Waals surface area contributed by atoms with Crippen LogP contribution in [0.3, 0.4) is 0 Å². The molecule has 0 radical (unpaired) electrons. The van der Waals surface area contributed by atoms with Crippen molar-refractivity contribution in [1.29, 1.82) is 0 Å². The highest BCUT2D eigenvalue weighted by atomic mass is 16.5.